The van der Waals surface area contributed by atoms with Crippen molar-refractivity contribution in [1.29, 1.82) is 0 Å². The Labute approximate surface area is 208 Å². The molecule has 0 saturated carbocycles. The van der Waals surface area contributed by atoms with E-state index in [1.54, 1.807) is 12.1 Å². The number of carbonyl (C=O) groups is 3. The van der Waals surface area contributed by atoms with Gasteiger partial charge in [-0.25, -0.2) is 13.8 Å². The van der Waals surface area contributed by atoms with Crippen LogP contribution in [0.15, 0.2) is 30.3 Å². The molecule has 1 aromatic heterocycles. The Morgan fingerprint density at radius 2 is 1.94 bits per heavy atom. The number of nitrogens with zero attached hydrogens (tertiary/aromatic N) is 3. The number of amides is 3. The van der Waals surface area contributed by atoms with Crippen LogP contribution in [0.2, 0.25) is 0 Å². The highest BCUT2D eigenvalue weighted by atomic mass is 19.1. The third-order valence-corrected chi connectivity index (χ3v) is 6.47. The number of rotatable bonds is 9. The van der Waals surface area contributed by atoms with Crippen LogP contribution < -0.4 is 21.3 Å². The number of pyridine rings is 1. The maximum absolute atomic E-state index is 15.0. The van der Waals surface area contributed by atoms with Gasteiger partial charge < -0.3 is 21.3 Å². The summed E-state index contributed by atoms with van der Waals surface area (Å²) in [6, 6.07) is 6.86. The lowest BCUT2D eigenvalue weighted by atomic mass is 10.1. The summed E-state index contributed by atoms with van der Waals surface area (Å²) in [4.78, 5) is 44.5. The van der Waals surface area contributed by atoms with Crippen molar-refractivity contribution >= 4 is 29.4 Å². The van der Waals surface area contributed by atoms with Crippen LogP contribution in [-0.4, -0.2) is 66.4 Å². The van der Waals surface area contributed by atoms with E-state index in [0.29, 0.717) is 32.5 Å². The van der Waals surface area contributed by atoms with Gasteiger partial charge in [0.25, 0.3) is 5.91 Å². The van der Waals surface area contributed by atoms with E-state index >= 15 is 4.39 Å². The molecule has 0 spiro atoms. The summed E-state index contributed by atoms with van der Waals surface area (Å²) >= 11 is 0. The fourth-order valence-electron chi connectivity index (χ4n) is 4.64. The molecule has 0 unspecified atom stereocenters. The lowest BCUT2D eigenvalue weighted by molar-refractivity contribution is -0.142. The number of likely N-dealkylation sites (tertiary alicyclic amines) is 1. The minimum Gasteiger partial charge on any atom is -0.369 e. The Balaban J connectivity index is 1.50. The Hall–Kier alpha value is -3.60. The molecular weight excluding hydrogens is 470 g/mol. The number of benzene rings is 1. The van der Waals surface area contributed by atoms with Crippen LogP contribution in [-0.2, 0) is 16.0 Å². The molecule has 11 heteroatoms. The maximum Gasteiger partial charge on any atom is 0.255 e. The number of nitrogens with two attached hydrogens (primary N) is 1. The second-order valence-electron chi connectivity index (χ2n) is 8.95. The number of aromatic nitrogens is 1. The van der Waals surface area contributed by atoms with Crippen molar-refractivity contribution in [3.05, 3.63) is 53.1 Å². The quantitative estimate of drug-likeness (QED) is 0.480. The Morgan fingerprint density at radius 1 is 1.17 bits per heavy atom. The molecule has 4 N–H and O–H groups in total. The Kier molecular flexibility index (Phi) is 8.09. The van der Waals surface area contributed by atoms with E-state index in [1.807, 2.05) is 4.90 Å². The van der Waals surface area contributed by atoms with E-state index in [2.05, 4.69) is 15.6 Å². The van der Waals surface area contributed by atoms with Crippen LogP contribution in [0.4, 0.5) is 20.4 Å². The highest BCUT2D eigenvalue weighted by Crippen LogP contribution is 2.27. The SMILES string of the molecule is NCC(=O)N1C(=O)CC[C@@H]1CNC(=O)c1cc(F)c(N2CCCC2)nc1NCCc1cccc(F)c1. The predicted molar refractivity (Wildman–Crippen MR) is 130 cm³/mol. The van der Waals surface area contributed by atoms with E-state index in [9.17, 15) is 18.8 Å². The van der Waals surface area contributed by atoms with E-state index in [-0.39, 0.29) is 48.4 Å². The molecule has 2 saturated heterocycles. The van der Waals surface area contributed by atoms with Crippen molar-refractivity contribution in [2.24, 2.45) is 5.73 Å². The minimum atomic E-state index is -0.603. The molecule has 2 aromatic rings. The topological polar surface area (TPSA) is 121 Å². The van der Waals surface area contributed by atoms with Crippen LogP contribution in [0.1, 0.15) is 41.6 Å². The fraction of sp³-hybridized carbons (Fsp3) is 0.440. The predicted octanol–water partition coefficient (Wildman–Crippen LogP) is 1.82. The number of imide groups is 1. The molecule has 192 valence electrons. The van der Waals surface area contributed by atoms with Crippen LogP contribution in [0, 0.1) is 11.6 Å². The van der Waals surface area contributed by atoms with Crippen molar-refractivity contribution < 1.29 is 23.2 Å². The number of hydrogen-bond donors (Lipinski definition) is 3. The number of halogens is 2. The maximum atomic E-state index is 15.0. The fourth-order valence-corrected chi connectivity index (χ4v) is 4.64. The molecule has 4 rings (SSSR count). The summed E-state index contributed by atoms with van der Waals surface area (Å²) in [5.41, 5.74) is 6.19. The van der Waals surface area contributed by atoms with Crippen LogP contribution in [0.25, 0.3) is 0 Å². The van der Waals surface area contributed by atoms with Gasteiger partial charge in [0.1, 0.15) is 11.6 Å². The van der Waals surface area contributed by atoms with Gasteiger partial charge in [0, 0.05) is 32.6 Å². The number of carbonyl (C=O) groups excluding carboxylic acids is 3. The molecule has 0 bridgehead atoms. The molecule has 1 atom stereocenters. The summed E-state index contributed by atoms with van der Waals surface area (Å²) in [7, 11) is 0. The molecule has 0 aliphatic carbocycles. The van der Waals surface area contributed by atoms with Gasteiger partial charge in [-0.2, -0.15) is 0 Å². The van der Waals surface area contributed by atoms with Gasteiger partial charge in [-0.1, -0.05) is 12.1 Å². The normalized spacial score (nSPS) is 17.5. The van der Waals surface area contributed by atoms with Crippen molar-refractivity contribution in [3.8, 4) is 0 Å². The summed E-state index contributed by atoms with van der Waals surface area (Å²) < 4.78 is 28.5. The zero-order valence-electron chi connectivity index (χ0n) is 19.9. The standard InChI is InChI=1S/C25H30F2N6O3/c26-17-5-3-4-16(12-17)8-9-29-23-19(13-20(27)24(31-23)32-10-1-2-11-32)25(36)30-15-18-6-7-21(34)33(18)22(35)14-28/h3-5,12-13,18H,1-2,6-11,14-15,28H2,(H,29,31)(H,30,36)/t18-/m1/s1. The number of nitrogens with one attached hydrogen (secondary N) is 2. The third kappa shape index (κ3) is 5.78. The highest BCUT2D eigenvalue weighted by Gasteiger charge is 2.35. The summed E-state index contributed by atoms with van der Waals surface area (Å²) in [5, 5.41) is 5.81. The molecule has 0 radical (unpaired) electrons. The summed E-state index contributed by atoms with van der Waals surface area (Å²) in [6.07, 6.45) is 2.94. The molecule has 1 aromatic carbocycles. The molecule has 3 amide bonds. The number of anilines is 2. The molecule has 2 aliphatic heterocycles. The number of hydrogen-bond acceptors (Lipinski definition) is 7. The second-order valence-corrected chi connectivity index (χ2v) is 8.95. The first-order valence-corrected chi connectivity index (χ1v) is 12.1. The molecule has 3 heterocycles. The lowest BCUT2D eigenvalue weighted by Crippen LogP contribution is -2.47. The molecule has 9 nitrogen and oxygen atoms in total. The minimum absolute atomic E-state index is 0.00992. The summed E-state index contributed by atoms with van der Waals surface area (Å²) in [5.74, 6) is -1.96. The zero-order chi connectivity index (χ0) is 25.7. The van der Waals surface area contributed by atoms with Crippen LogP contribution in [0.5, 0.6) is 0 Å². The van der Waals surface area contributed by atoms with Crippen molar-refractivity contribution in [2.45, 2.75) is 38.1 Å². The molecular formula is C25H30F2N6O3. The average Bonchev–Trinajstić information content (AvgIpc) is 3.53. The smallest absolute Gasteiger partial charge is 0.255 e. The summed E-state index contributed by atoms with van der Waals surface area (Å²) in [6.45, 7) is 1.42. The van der Waals surface area contributed by atoms with Gasteiger partial charge in [-0.05, 0) is 49.4 Å². The second kappa shape index (κ2) is 11.4. The van der Waals surface area contributed by atoms with Crippen LogP contribution in [0.3, 0.4) is 0 Å². The van der Waals surface area contributed by atoms with E-state index < -0.39 is 23.7 Å². The average molecular weight is 501 g/mol. The first kappa shape index (κ1) is 25.5. The highest BCUT2D eigenvalue weighted by molar-refractivity contribution is 6.00. The van der Waals surface area contributed by atoms with Gasteiger partial charge in [0.05, 0.1) is 18.2 Å². The Morgan fingerprint density at radius 3 is 2.67 bits per heavy atom. The third-order valence-electron chi connectivity index (χ3n) is 6.47. The van der Waals surface area contributed by atoms with Gasteiger partial charge in [-0.3, -0.25) is 19.3 Å². The Bertz CT molecular complexity index is 1140. The molecule has 2 aliphatic rings. The first-order chi connectivity index (χ1) is 17.4. The van der Waals surface area contributed by atoms with Gasteiger partial charge in [0.15, 0.2) is 11.6 Å². The van der Waals surface area contributed by atoms with E-state index in [0.717, 1.165) is 29.4 Å². The lowest BCUT2D eigenvalue weighted by Gasteiger charge is -2.23. The van der Waals surface area contributed by atoms with Crippen molar-refractivity contribution in [2.75, 3.05) is 42.9 Å². The molecule has 2 fully saturated rings. The van der Waals surface area contributed by atoms with E-state index in [4.69, 9.17) is 5.73 Å². The van der Waals surface area contributed by atoms with Gasteiger partial charge >= 0.3 is 0 Å². The molecule has 36 heavy (non-hydrogen) atoms. The van der Waals surface area contributed by atoms with E-state index in [1.165, 1.54) is 12.1 Å². The van der Waals surface area contributed by atoms with Gasteiger partial charge in [0.2, 0.25) is 11.8 Å². The largest absolute Gasteiger partial charge is 0.369 e. The zero-order valence-corrected chi connectivity index (χ0v) is 19.9. The first-order valence-electron chi connectivity index (χ1n) is 12.1. The monoisotopic (exact) mass is 500 g/mol. The van der Waals surface area contributed by atoms with Crippen molar-refractivity contribution in [3.63, 3.8) is 0 Å². The van der Waals surface area contributed by atoms with Crippen molar-refractivity contribution in [1.82, 2.24) is 15.2 Å². The van der Waals surface area contributed by atoms with Crippen LogP contribution >= 0.6 is 0 Å². The van der Waals surface area contributed by atoms with Gasteiger partial charge in [-0.15, -0.1) is 0 Å².